The van der Waals surface area contributed by atoms with E-state index in [1.54, 1.807) is 0 Å². The number of hydrogen-bond donors (Lipinski definition) is 2. The van der Waals surface area contributed by atoms with Crippen LogP contribution < -0.4 is 0 Å². The fraction of sp³-hybridized carbons (Fsp3) is 0.667. The molecule has 1 aromatic rings. The number of nitrogens with one attached hydrogen (secondary N) is 1. The Labute approximate surface area is 95.1 Å². The topological polar surface area (TPSA) is 66.0 Å². The minimum atomic E-state index is -0.747. The summed E-state index contributed by atoms with van der Waals surface area (Å²) in [5.74, 6) is 0.228. The molecule has 0 spiro atoms. The molecular weight excluding hydrogens is 204 g/mol. The third-order valence-electron chi connectivity index (χ3n) is 3.54. The molecule has 0 aliphatic heterocycles. The molecule has 88 valence electrons. The quantitative estimate of drug-likeness (QED) is 0.825. The number of carboxylic acid groups (broad SMARTS) is 1. The minimum absolute atomic E-state index is 0.330. The van der Waals surface area contributed by atoms with E-state index in [1.165, 1.54) is 0 Å². The summed E-state index contributed by atoms with van der Waals surface area (Å²) in [5.41, 5.74) is 1.25. The van der Waals surface area contributed by atoms with Crippen LogP contribution in [-0.4, -0.2) is 21.0 Å². The number of aryl methyl sites for hydroxylation is 1. The van der Waals surface area contributed by atoms with Gasteiger partial charge in [-0.25, -0.2) is 4.98 Å². The lowest BCUT2D eigenvalue weighted by Gasteiger charge is -2.35. The summed E-state index contributed by atoms with van der Waals surface area (Å²) >= 11 is 0. The van der Waals surface area contributed by atoms with Crippen LogP contribution in [0.4, 0.5) is 0 Å². The van der Waals surface area contributed by atoms with Crippen LogP contribution >= 0.6 is 0 Å². The zero-order valence-corrected chi connectivity index (χ0v) is 10.0. The van der Waals surface area contributed by atoms with Crippen LogP contribution in [-0.2, 0) is 10.2 Å². The van der Waals surface area contributed by atoms with E-state index < -0.39 is 11.4 Å². The number of H-pyrrole nitrogens is 1. The number of carboxylic acids is 1. The first-order chi connectivity index (χ1) is 7.47. The van der Waals surface area contributed by atoms with Gasteiger partial charge in [-0.3, -0.25) is 4.79 Å². The molecule has 1 aliphatic carbocycles. The molecule has 1 saturated carbocycles. The SMILES string of the molecule is Cc1[nH]c(C2(C(=O)O)CCC2)nc1C(C)C. The summed E-state index contributed by atoms with van der Waals surface area (Å²) in [4.78, 5) is 19.0. The molecule has 0 bridgehead atoms. The predicted molar refractivity (Wildman–Crippen MR) is 60.6 cm³/mol. The first-order valence-electron chi connectivity index (χ1n) is 5.78. The van der Waals surface area contributed by atoms with Crippen LogP contribution in [0.2, 0.25) is 0 Å². The van der Waals surface area contributed by atoms with Crippen molar-refractivity contribution in [2.75, 3.05) is 0 Å². The van der Waals surface area contributed by atoms with Crippen molar-refractivity contribution in [3.8, 4) is 0 Å². The molecule has 0 saturated heterocycles. The van der Waals surface area contributed by atoms with Crippen LogP contribution in [0.1, 0.15) is 56.2 Å². The predicted octanol–water partition coefficient (Wildman–Crippen LogP) is 2.35. The number of aromatic nitrogens is 2. The first kappa shape index (κ1) is 11.2. The van der Waals surface area contributed by atoms with Gasteiger partial charge in [0.1, 0.15) is 11.2 Å². The maximum absolute atomic E-state index is 11.3. The number of hydrogen-bond acceptors (Lipinski definition) is 2. The van der Waals surface area contributed by atoms with Gasteiger partial charge in [0.25, 0.3) is 0 Å². The standard InChI is InChI=1S/C12H18N2O2/c1-7(2)9-8(3)13-10(14-9)12(11(15)16)5-4-6-12/h7H,4-6H2,1-3H3,(H,13,14)(H,15,16). The molecule has 1 aliphatic rings. The van der Waals surface area contributed by atoms with E-state index in [-0.39, 0.29) is 0 Å². The van der Waals surface area contributed by atoms with Gasteiger partial charge in [0.2, 0.25) is 0 Å². The molecule has 16 heavy (non-hydrogen) atoms. The monoisotopic (exact) mass is 222 g/mol. The van der Waals surface area contributed by atoms with Crippen LogP contribution in [0, 0.1) is 6.92 Å². The van der Waals surface area contributed by atoms with E-state index in [0.717, 1.165) is 17.8 Å². The summed E-state index contributed by atoms with van der Waals surface area (Å²) in [7, 11) is 0. The smallest absolute Gasteiger partial charge is 0.317 e. The molecule has 0 unspecified atom stereocenters. The Morgan fingerprint density at radius 2 is 2.12 bits per heavy atom. The van der Waals surface area contributed by atoms with Crippen LogP contribution in [0.15, 0.2) is 0 Å². The Morgan fingerprint density at radius 1 is 1.50 bits per heavy atom. The average molecular weight is 222 g/mol. The fourth-order valence-corrected chi connectivity index (χ4v) is 2.34. The van der Waals surface area contributed by atoms with E-state index in [0.29, 0.717) is 24.6 Å². The summed E-state index contributed by atoms with van der Waals surface area (Å²) in [5, 5.41) is 9.32. The molecule has 0 amide bonds. The summed E-state index contributed by atoms with van der Waals surface area (Å²) in [6.45, 7) is 6.10. The van der Waals surface area contributed by atoms with Crippen molar-refractivity contribution in [2.45, 2.75) is 51.4 Å². The van der Waals surface area contributed by atoms with Crippen molar-refractivity contribution in [3.63, 3.8) is 0 Å². The fourth-order valence-electron chi connectivity index (χ4n) is 2.34. The van der Waals surface area contributed by atoms with E-state index in [9.17, 15) is 9.90 Å². The molecule has 2 N–H and O–H groups in total. The Balaban J connectivity index is 2.40. The van der Waals surface area contributed by atoms with E-state index in [4.69, 9.17) is 0 Å². The number of aromatic amines is 1. The van der Waals surface area contributed by atoms with Crippen LogP contribution in [0.5, 0.6) is 0 Å². The molecule has 1 aromatic heterocycles. The number of rotatable bonds is 3. The molecular formula is C12H18N2O2. The first-order valence-corrected chi connectivity index (χ1v) is 5.78. The van der Waals surface area contributed by atoms with Crippen molar-refractivity contribution in [2.24, 2.45) is 0 Å². The van der Waals surface area contributed by atoms with E-state index >= 15 is 0 Å². The van der Waals surface area contributed by atoms with Gasteiger partial charge in [-0.1, -0.05) is 20.3 Å². The zero-order chi connectivity index (χ0) is 11.9. The molecule has 0 atom stereocenters. The lowest BCUT2D eigenvalue weighted by molar-refractivity contribution is -0.147. The van der Waals surface area contributed by atoms with Crippen molar-refractivity contribution in [1.82, 2.24) is 9.97 Å². The number of carbonyl (C=O) groups is 1. The molecule has 1 fully saturated rings. The Morgan fingerprint density at radius 3 is 2.44 bits per heavy atom. The molecule has 4 nitrogen and oxygen atoms in total. The molecule has 1 heterocycles. The highest BCUT2D eigenvalue weighted by Crippen LogP contribution is 2.43. The number of nitrogens with zero attached hydrogens (tertiary/aromatic N) is 1. The highest BCUT2D eigenvalue weighted by molar-refractivity contribution is 5.81. The molecule has 4 heteroatoms. The third kappa shape index (κ3) is 1.44. The maximum Gasteiger partial charge on any atom is 0.317 e. The van der Waals surface area contributed by atoms with Gasteiger partial charge < -0.3 is 10.1 Å². The average Bonchev–Trinajstić information content (AvgIpc) is 2.44. The molecule has 0 aromatic carbocycles. The largest absolute Gasteiger partial charge is 0.480 e. The van der Waals surface area contributed by atoms with E-state index in [1.807, 2.05) is 6.92 Å². The van der Waals surface area contributed by atoms with E-state index in [2.05, 4.69) is 23.8 Å². The number of imidazole rings is 1. The lowest BCUT2D eigenvalue weighted by atomic mass is 9.68. The van der Waals surface area contributed by atoms with Crippen molar-refractivity contribution in [3.05, 3.63) is 17.2 Å². The van der Waals surface area contributed by atoms with Gasteiger partial charge >= 0.3 is 5.97 Å². The summed E-state index contributed by atoms with van der Waals surface area (Å²) < 4.78 is 0. The third-order valence-corrected chi connectivity index (χ3v) is 3.54. The Bertz CT molecular complexity index is 417. The highest BCUT2D eigenvalue weighted by atomic mass is 16.4. The zero-order valence-electron chi connectivity index (χ0n) is 10.0. The Hall–Kier alpha value is -1.32. The van der Waals surface area contributed by atoms with Gasteiger partial charge in [-0.05, 0) is 25.7 Å². The highest BCUT2D eigenvalue weighted by Gasteiger charge is 2.48. The normalized spacial score (nSPS) is 18.5. The van der Waals surface area contributed by atoms with Gasteiger partial charge in [0.05, 0.1) is 5.69 Å². The lowest BCUT2D eigenvalue weighted by Crippen LogP contribution is -2.43. The second kappa shape index (κ2) is 3.61. The van der Waals surface area contributed by atoms with Gasteiger partial charge in [-0.2, -0.15) is 0 Å². The van der Waals surface area contributed by atoms with Crippen LogP contribution in [0.25, 0.3) is 0 Å². The second-order valence-corrected chi connectivity index (χ2v) is 4.99. The van der Waals surface area contributed by atoms with Crippen molar-refractivity contribution < 1.29 is 9.90 Å². The summed E-state index contributed by atoms with van der Waals surface area (Å²) in [6, 6.07) is 0. The Kier molecular flexibility index (Phi) is 2.52. The van der Waals surface area contributed by atoms with Gasteiger partial charge in [0.15, 0.2) is 0 Å². The van der Waals surface area contributed by atoms with Crippen LogP contribution in [0.3, 0.4) is 0 Å². The maximum atomic E-state index is 11.3. The van der Waals surface area contributed by atoms with Crippen molar-refractivity contribution in [1.29, 1.82) is 0 Å². The number of aliphatic carboxylic acids is 1. The molecule has 2 rings (SSSR count). The molecule has 0 radical (unpaired) electrons. The summed E-state index contributed by atoms with van der Waals surface area (Å²) in [6.07, 6.45) is 2.38. The van der Waals surface area contributed by atoms with Crippen molar-refractivity contribution >= 4 is 5.97 Å². The minimum Gasteiger partial charge on any atom is -0.480 e. The van der Waals surface area contributed by atoms with Gasteiger partial charge in [-0.15, -0.1) is 0 Å². The second-order valence-electron chi connectivity index (χ2n) is 4.99. The van der Waals surface area contributed by atoms with Gasteiger partial charge in [0, 0.05) is 5.69 Å².